The van der Waals surface area contributed by atoms with Crippen LogP contribution in [0.4, 0.5) is 0 Å². The van der Waals surface area contributed by atoms with Crippen LogP contribution in [-0.4, -0.2) is 18.3 Å². The number of hydrogen-bond acceptors (Lipinski definition) is 4. The molecule has 1 saturated heterocycles. The number of fused-ring (bicyclic) bond motifs is 7. The highest BCUT2D eigenvalue weighted by Gasteiger charge is 2.52. The van der Waals surface area contributed by atoms with Crippen LogP contribution in [-0.2, 0) is 9.31 Å². The SMILES string of the molecule is CC1(C)OB(c2cccc3oc4cc5sc6cc7ccccc7cc6c5cc4c23)OC1(C)C. The van der Waals surface area contributed by atoms with Crippen molar-refractivity contribution in [3.8, 4) is 0 Å². The van der Waals surface area contributed by atoms with Crippen LogP contribution in [0.2, 0.25) is 0 Å². The van der Waals surface area contributed by atoms with Crippen LogP contribution in [0.5, 0.6) is 0 Å². The fourth-order valence-corrected chi connectivity index (χ4v) is 6.12. The lowest BCUT2D eigenvalue weighted by atomic mass is 9.76. The molecule has 33 heavy (non-hydrogen) atoms. The minimum absolute atomic E-state index is 0.392. The van der Waals surface area contributed by atoms with Gasteiger partial charge in [-0.1, -0.05) is 36.4 Å². The van der Waals surface area contributed by atoms with Crippen molar-refractivity contribution in [3.63, 3.8) is 0 Å². The fraction of sp³-hybridized carbons (Fsp3) is 0.214. The summed E-state index contributed by atoms with van der Waals surface area (Å²) in [4.78, 5) is 0. The standard InChI is InChI=1S/C28H23BO3S/c1-27(2)28(3,4)32-29(31-27)21-10-7-11-22-26(21)20-14-19-18-12-16-8-5-6-9-17(16)13-24(18)33-25(19)15-23(20)30-22/h5-15H,1-4H3. The molecule has 0 amide bonds. The highest BCUT2D eigenvalue weighted by Crippen LogP contribution is 2.42. The molecule has 4 aromatic carbocycles. The molecule has 0 spiro atoms. The number of hydrogen-bond donors (Lipinski definition) is 0. The summed E-state index contributed by atoms with van der Waals surface area (Å²) in [5.41, 5.74) is 2.01. The van der Waals surface area contributed by atoms with Crippen LogP contribution in [0.3, 0.4) is 0 Å². The summed E-state index contributed by atoms with van der Waals surface area (Å²) in [7, 11) is -0.432. The summed E-state index contributed by atoms with van der Waals surface area (Å²) >= 11 is 1.82. The Morgan fingerprint density at radius 2 is 1.33 bits per heavy atom. The van der Waals surface area contributed by atoms with E-state index in [1.807, 2.05) is 23.5 Å². The van der Waals surface area contributed by atoms with Crippen LogP contribution in [0.25, 0.3) is 52.9 Å². The zero-order chi connectivity index (χ0) is 22.5. The molecule has 0 atom stereocenters. The van der Waals surface area contributed by atoms with Crippen LogP contribution < -0.4 is 5.46 Å². The number of benzene rings is 4. The lowest BCUT2D eigenvalue weighted by Gasteiger charge is -2.32. The molecule has 1 aliphatic rings. The van der Waals surface area contributed by atoms with Gasteiger partial charge in [0.25, 0.3) is 0 Å². The Balaban J connectivity index is 1.51. The van der Waals surface area contributed by atoms with E-state index in [4.69, 9.17) is 13.7 Å². The zero-order valence-corrected chi connectivity index (χ0v) is 19.9. The molecule has 6 aromatic rings. The van der Waals surface area contributed by atoms with E-state index < -0.39 is 18.3 Å². The van der Waals surface area contributed by atoms with E-state index in [-0.39, 0.29) is 0 Å². The Morgan fingerprint density at radius 3 is 2.09 bits per heavy atom. The first-order valence-electron chi connectivity index (χ1n) is 11.4. The average molecular weight is 450 g/mol. The van der Waals surface area contributed by atoms with E-state index in [2.05, 4.69) is 82.3 Å². The van der Waals surface area contributed by atoms with Gasteiger partial charge in [0, 0.05) is 30.9 Å². The normalized spacial score (nSPS) is 17.9. The van der Waals surface area contributed by atoms with Crippen molar-refractivity contribution in [3.05, 3.63) is 66.7 Å². The maximum Gasteiger partial charge on any atom is 0.495 e. The molecule has 1 fully saturated rings. The van der Waals surface area contributed by atoms with E-state index in [0.29, 0.717) is 0 Å². The molecule has 162 valence electrons. The van der Waals surface area contributed by atoms with Gasteiger partial charge in [0.1, 0.15) is 11.2 Å². The number of rotatable bonds is 1. The fourth-order valence-electron chi connectivity index (χ4n) is 4.97. The van der Waals surface area contributed by atoms with Gasteiger partial charge in [0.15, 0.2) is 0 Å². The molecule has 1 aliphatic heterocycles. The van der Waals surface area contributed by atoms with E-state index in [1.54, 1.807) is 0 Å². The molecule has 0 radical (unpaired) electrons. The molecule has 0 aliphatic carbocycles. The van der Waals surface area contributed by atoms with Gasteiger partial charge in [-0.2, -0.15) is 0 Å². The first-order chi connectivity index (χ1) is 15.8. The number of furan rings is 1. The molecule has 0 bridgehead atoms. The monoisotopic (exact) mass is 450 g/mol. The highest BCUT2D eigenvalue weighted by atomic mass is 32.1. The van der Waals surface area contributed by atoms with Crippen LogP contribution in [0.15, 0.2) is 71.1 Å². The Bertz CT molecular complexity index is 1720. The summed E-state index contributed by atoms with van der Waals surface area (Å²) in [6.45, 7) is 8.36. The molecular formula is C28H23BO3S. The maximum atomic E-state index is 6.41. The smallest absolute Gasteiger partial charge is 0.456 e. The van der Waals surface area contributed by atoms with Crippen LogP contribution >= 0.6 is 11.3 Å². The largest absolute Gasteiger partial charge is 0.495 e. The van der Waals surface area contributed by atoms with Gasteiger partial charge < -0.3 is 13.7 Å². The predicted molar refractivity (Wildman–Crippen MR) is 140 cm³/mol. The van der Waals surface area contributed by atoms with Crippen molar-refractivity contribution < 1.29 is 13.7 Å². The van der Waals surface area contributed by atoms with Gasteiger partial charge in [0.05, 0.1) is 11.2 Å². The summed E-state index contributed by atoms with van der Waals surface area (Å²) in [6, 6.07) is 23.8. The van der Waals surface area contributed by atoms with Crippen molar-refractivity contribution in [1.29, 1.82) is 0 Å². The summed E-state index contributed by atoms with van der Waals surface area (Å²) in [5.74, 6) is 0. The van der Waals surface area contributed by atoms with Crippen molar-refractivity contribution in [1.82, 2.24) is 0 Å². The third-order valence-electron chi connectivity index (χ3n) is 7.49. The second-order valence-corrected chi connectivity index (χ2v) is 11.1. The quantitative estimate of drug-likeness (QED) is 0.245. The number of thiophene rings is 1. The Labute approximate surface area is 196 Å². The zero-order valence-electron chi connectivity index (χ0n) is 19.1. The molecule has 5 heteroatoms. The van der Waals surface area contributed by atoms with E-state index in [9.17, 15) is 0 Å². The minimum atomic E-state index is -0.432. The third kappa shape index (κ3) is 2.70. The lowest BCUT2D eigenvalue weighted by molar-refractivity contribution is 0.00578. The van der Waals surface area contributed by atoms with E-state index in [1.165, 1.54) is 30.9 Å². The Hall–Kier alpha value is -2.86. The summed E-state index contributed by atoms with van der Waals surface area (Å²) in [5, 5.41) is 7.27. The predicted octanol–water partition coefficient (Wildman–Crippen LogP) is 7.41. The molecule has 3 heterocycles. The molecule has 0 N–H and O–H groups in total. The van der Waals surface area contributed by atoms with Crippen molar-refractivity contribution >= 4 is 76.8 Å². The van der Waals surface area contributed by atoms with Crippen LogP contribution in [0, 0.1) is 0 Å². The average Bonchev–Trinajstić information content (AvgIpc) is 3.38. The minimum Gasteiger partial charge on any atom is -0.456 e. The van der Waals surface area contributed by atoms with Gasteiger partial charge >= 0.3 is 7.12 Å². The summed E-state index contributed by atoms with van der Waals surface area (Å²) in [6.07, 6.45) is 0. The van der Waals surface area contributed by atoms with Gasteiger partial charge in [0.2, 0.25) is 0 Å². The molecule has 0 unspecified atom stereocenters. The van der Waals surface area contributed by atoms with E-state index >= 15 is 0 Å². The van der Waals surface area contributed by atoms with Crippen molar-refractivity contribution in [2.45, 2.75) is 38.9 Å². The lowest BCUT2D eigenvalue weighted by Crippen LogP contribution is -2.41. The Morgan fingerprint density at radius 1 is 0.667 bits per heavy atom. The van der Waals surface area contributed by atoms with Gasteiger partial charge in [-0.15, -0.1) is 11.3 Å². The Kier molecular flexibility index (Phi) is 3.79. The highest BCUT2D eigenvalue weighted by molar-refractivity contribution is 7.26. The van der Waals surface area contributed by atoms with Crippen LogP contribution in [0.1, 0.15) is 27.7 Å². The molecular weight excluding hydrogens is 427 g/mol. The second-order valence-electron chi connectivity index (χ2n) is 10.1. The molecule has 3 nitrogen and oxygen atoms in total. The van der Waals surface area contributed by atoms with Gasteiger partial charge in [-0.3, -0.25) is 0 Å². The first kappa shape index (κ1) is 19.6. The molecule has 2 aromatic heterocycles. The second kappa shape index (κ2) is 6.38. The van der Waals surface area contributed by atoms with Gasteiger partial charge in [-0.05, 0) is 74.3 Å². The van der Waals surface area contributed by atoms with Crippen molar-refractivity contribution in [2.75, 3.05) is 0 Å². The van der Waals surface area contributed by atoms with Gasteiger partial charge in [-0.25, -0.2) is 0 Å². The van der Waals surface area contributed by atoms with E-state index in [0.717, 1.165) is 27.4 Å². The van der Waals surface area contributed by atoms with Crippen molar-refractivity contribution in [2.24, 2.45) is 0 Å². The molecule has 0 saturated carbocycles. The topological polar surface area (TPSA) is 31.6 Å². The molecule has 7 rings (SSSR count). The maximum absolute atomic E-state index is 6.41. The first-order valence-corrected chi connectivity index (χ1v) is 12.2. The third-order valence-corrected chi connectivity index (χ3v) is 8.61. The summed E-state index contributed by atoms with van der Waals surface area (Å²) < 4.78 is 21.7.